The molecule has 312 valence electrons. The van der Waals surface area contributed by atoms with Crippen LogP contribution in [-0.4, -0.2) is 0 Å². The van der Waals surface area contributed by atoms with Crippen LogP contribution in [0.25, 0.3) is 66.4 Å². The summed E-state index contributed by atoms with van der Waals surface area (Å²) in [5.41, 5.74) is -3.97. The third-order valence-corrected chi connectivity index (χ3v) is 12.8. The van der Waals surface area contributed by atoms with Gasteiger partial charge in [-0.1, -0.05) is 201 Å². The standard InChI is InChI=1S/C64H45NO/c1-63(2)54-30-14-12-27-50(54)51-37-36-48(41-57(51)63)65(58-33-18-34-60-62(58)53-39-44(35-38-59(53)66-60)42-19-6-3-7-20-42)47-26-16-25-46(40-47)64(45-23-10-5-11-24-45)55-31-15-13-28-52(55)61-49(29-17-32-56(61)64)43-21-8-4-9-22-43/h3-41H,1-2H3/i1D3,2D3,3D,4D,6D,7D,8D,9D,12D,14D,19D,20D,21D,22D,27D,30D,36D,37D,41D. The molecule has 11 aromatic rings. The van der Waals surface area contributed by atoms with Crippen molar-refractivity contribution >= 4 is 39.0 Å². The van der Waals surface area contributed by atoms with E-state index in [2.05, 4.69) is 0 Å². The van der Waals surface area contributed by atoms with Crippen molar-refractivity contribution in [1.82, 2.24) is 0 Å². The lowest BCUT2D eigenvalue weighted by atomic mass is 9.67. The first-order chi connectivity index (χ1) is 42.1. The molecule has 1 unspecified atom stereocenters. The number of hydrogen-bond acceptors (Lipinski definition) is 2. The molecule has 0 radical (unpaired) electrons. The molecule has 10 aromatic carbocycles. The average Bonchev–Trinajstić information content (AvgIpc) is 1.51. The lowest BCUT2D eigenvalue weighted by molar-refractivity contribution is 0.660. The fraction of sp³-hybridized carbons (Fsp3) is 0.0625. The Kier molecular flexibility index (Phi) is 4.81. The fourth-order valence-electron chi connectivity index (χ4n) is 10.1. The van der Waals surface area contributed by atoms with Gasteiger partial charge in [-0.15, -0.1) is 0 Å². The normalized spacial score (nSPS) is 20.6. The van der Waals surface area contributed by atoms with Gasteiger partial charge in [0.25, 0.3) is 0 Å². The molecular formula is C64H45NO. The maximum atomic E-state index is 10.5. The molecule has 2 aliphatic rings. The van der Waals surface area contributed by atoms with Crippen LogP contribution in [0, 0.1) is 0 Å². The topological polar surface area (TPSA) is 16.4 Å². The molecule has 1 heterocycles. The van der Waals surface area contributed by atoms with Crippen molar-refractivity contribution in [2.24, 2.45) is 0 Å². The summed E-state index contributed by atoms with van der Waals surface area (Å²) in [6.45, 7) is -7.49. The highest BCUT2D eigenvalue weighted by molar-refractivity contribution is 6.14. The third kappa shape index (κ3) is 5.55. The monoisotopic (exact) mass is 866 g/mol. The largest absolute Gasteiger partial charge is 0.456 e. The number of nitrogens with zero attached hydrogens (tertiary/aromatic N) is 1. The van der Waals surface area contributed by atoms with Crippen molar-refractivity contribution in [3.05, 3.63) is 270 Å². The van der Waals surface area contributed by atoms with Crippen LogP contribution >= 0.6 is 0 Å². The highest BCUT2D eigenvalue weighted by atomic mass is 16.3. The smallest absolute Gasteiger partial charge is 0.137 e. The van der Waals surface area contributed by atoms with Gasteiger partial charge in [-0.2, -0.15) is 0 Å². The Hall–Kier alpha value is -8.20. The Bertz CT molecular complexity index is 4860. The quantitative estimate of drug-likeness (QED) is 0.159. The van der Waals surface area contributed by atoms with Gasteiger partial charge >= 0.3 is 0 Å². The zero-order valence-corrected chi connectivity index (χ0v) is 34.6. The maximum Gasteiger partial charge on any atom is 0.137 e. The molecule has 0 saturated heterocycles. The van der Waals surface area contributed by atoms with Crippen molar-refractivity contribution in [2.45, 2.75) is 24.5 Å². The van der Waals surface area contributed by atoms with E-state index in [4.69, 9.17) is 18.1 Å². The molecule has 0 spiro atoms. The SMILES string of the molecule is [2H]c1c([2H])c([2H])c(-c2ccc3oc4cccc(N(c5cccc(C6(c7ccccc7)c7ccccc7-c7c(-c8c([2H])c([2H])c([2H])c([2H])c8[2H])cccc76)c5)c5c([2H])c([2H])c6c(c5[2H])C(C([2H])([2H])[2H])(C([2H])([2H])[2H])c5c([2H])c([2H])c([2H])c([2H])c5-6)c4c3c2)c([2H])c1[2H]. The first kappa shape index (κ1) is 21.7. The van der Waals surface area contributed by atoms with Crippen LogP contribution in [0.15, 0.2) is 241 Å². The first-order valence-corrected chi connectivity index (χ1v) is 21.1. The van der Waals surface area contributed by atoms with Gasteiger partial charge in [0, 0.05) is 30.4 Å². The molecule has 2 aliphatic carbocycles. The number of hydrogen-bond donors (Lipinski definition) is 0. The Morgan fingerprint density at radius 3 is 2.00 bits per heavy atom. The van der Waals surface area contributed by atoms with Crippen LogP contribution < -0.4 is 4.90 Å². The van der Waals surface area contributed by atoms with E-state index in [1.54, 1.807) is 54.6 Å². The van der Waals surface area contributed by atoms with Crippen LogP contribution in [0.1, 0.15) is 78.6 Å². The fourth-order valence-corrected chi connectivity index (χ4v) is 10.1. The summed E-state index contributed by atoms with van der Waals surface area (Å²) in [6, 6.07) is 26.6. The molecule has 13 rings (SSSR count). The second-order valence-electron chi connectivity index (χ2n) is 16.2. The lowest BCUT2D eigenvalue weighted by Gasteiger charge is -2.35. The highest BCUT2D eigenvalue weighted by Crippen LogP contribution is 2.59. The predicted molar refractivity (Wildman–Crippen MR) is 274 cm³/mol. The zero-order chi connectivity index (χ0) is 63.8. The molecule has 2 heteroatoms. The van der Waals surface area contributed by atoms with Gasteiger partial charge in [0.1, 0.15) is 11.2 Å². The maximum absolute atomic E-state index is 10.5. The van der Waals surface area contributed by atoms with Gasteiger partial charge in [-0.05, 0) is 126 Å². The minimum Gasteiger partial charge on any atom is -0.456 e. The minimum absolute atomic E-state index is 0.0457. The molecule has 1 aromatic heterocycles. The summed E-state index contributed by atoms with van der Waals surface area (Å²) in [6.07, 6.45) is 0. The van der Waals surface area contributed by atoms with Gasteiger partial charge in [0.2, 0.25) is 0 Å². The highest BCUT2D eigenvalue weighted by Gasteiger charge is 2.47. The second-order valence-corrected chi connectivity index (χ2v) is 16.2. The molecule has 0 fully saturated rings. The van der Waals surface area contributed by atoms with Crippen molar-refractivity contribution in [3.8, 4) is 44.5 Å². The van der Waals surface area contributed by atoms with Crippen LogP contribution in [0.4, 0.5) is 17.1 Å². The van der Waals surface area contributed by atoms with Crippen molar-refractivity contribution in [3.63, 3.8) is 0 Å². The number of fused-ring (bicyclic) bond motifs is 9. The number of benzene rings is 10. The summed E-state index contributed by atoms with van der Waals surface area (Å²) in [7, 11) is 0. The van der Waals surface area contributed by atoms with Crippen molar-refractivity contribution < 1.29 is 35.9 Å². The summed E-state index contributed by atoms with van der Waals surface area (Å²) in [4.78, 5) is 1.38. The van der Waals surface area contributed by atoms with Gasteiger partial charge in [-0.25, -0.2) is 0 Å². The molecule has 1 atom stereocenters. The molecule has 66 heavy (non-hydrogen) atoms. The summed E-state index contributed by atoms with van der Waals surface area (Å²) < 4.78 is 216. The molecule has 0 aliphatic heterocycles. The second kappa shape index (κ2) is 14.7. The van der Waals surface area contributed by atoms with E-state index >= 15 is 0 Å². The molecule has 0 bridgehead atoms. The lowest BCUT2D eigenvalue weighted by Crippen LogP contribution is -2.29. The molecule has 2 nitrogen and oxygen atoms in total. The Morgan fingerprint density at radius 2 is 1.15 bits per heavy atom. The Morgan fingerprint density at radius 1 is 0.455 bits per heavy atom. The molecule has 0 N–H and O–H groups in total. The van der Waals surface area contributed by atoms with Crippen LogP contribution in [0.2, 0.25) is 0 Å². The predicted octanol–water partition coefficient (Wildman–Crippen LogP) is 17.1. The van der Waals surface area contributed by atoms with Crippen molar-refractivity contribution in [1.29, 1.82) is 0 Å². The van der Waals surface area contributed by atoms with E-state index in [-0.39, 0.29) is 50.0 Å². The van der Waals surface area contributed by atoms with E-state index in [9.17, 15) is 17.8 Å². The van der Waals surface area contributed by atoms with E-state index in [1.807, 2.05) is 66.7 Å². The molecule has 0 saturated carbocycles. The summed E-state index contributed by atoms with van der Waals surface area (Å²) >= 11 is 0. The van der Waals surface area contributed by atoms with E-state index in [0.29, 0.717) is 38.9 Å². The van der Waals surface area contributed by atoms with Crippen LogP contribution in [0.5, 0.6) is 0 Å². The van der Waals surface area contributed by atoms with Crippen LogP contribution in [0.3, 0.4) is 0 Å². The average molecular weight is 867 g/mol. The van der Waals surface area contributed by atoms with E-state index < -0.39 is 155 Å². The third-order valence-electron chi connectivity index (χ3n) is 12.8. The first-order valence-electron chi connectivity index (χ1n) is 32.6. The summed E-state index contributed by atoms with van der Waals surface area (Å²) in [5.74, 6) is 0. The Balaban J connectivity index is 1.18. The number of rotatable bonds is 7. The van der Waals surface area contributed by atoms with E-state index in [1.165, 1.54) is 17.0 Å². The minimum atomic E-state index is -3.75. The van der Waals surface area contributed by atoms with Crippen LogP contribution in [-0.2, 0) is 10.8 Å². The summed E-state index contributed by atoms with van der Waals surface area (Å²) in [5, 5.41) is 0.479. The van der Waals surface area contributed by atoms with E-state index in [0.717, 1.165) is 0 Å². The van der Waals surface area contributed by atoms with Gasteiger partial charge in [0.05, 0.1) is 39.8 Å². The van der Waals surface area contributed by atoms with Gasteiger partial charge in [-0.3, -0.25) is 0 Å². The number of furan rings is 1. The molecule has 0 amide bonds. The Labute approximate surface area is 418 Å². The number of anilines is 3. The van der Waals surface area contributed by atoms with Crippen molar-refractivity contribution in [2.75, 3.05) is 4.90 Å². The van der Waals surface area contributed by atoms with Gasteiger partial charge < -0.3 is 9.32 Å². The zero-order valence-electron chi connectivity index (χ0n) is 57.6. The van der Waals surface area contributed by atoms with Gasteiger partial charge in [0.15, 0.2) is 0 Å². The molecular weight excluding hydrogens is 799 g/mol.